The fourth-order valence-electron chi connectivity index (χ4n) is 2.44. The summed E-state index contributed by atoms with van der Waals surface area (Å²) in [4.78, 5) is 0. The summed E-state index contributed by atoms with van der Waals surface area (Å²) in [6.07, 6.45) is 9.07. The Hall–Kier alpha value is -1.37. The third-order valence-electron chi connectivity index (χ3n) is 4.07. The Morgan fingerprint density at radius 3 is 1.54 bits per heavy atom. The average Bonchev–Trinajstić information content (AvgIpc) is 2.66. The zero-order valence-corrected chi connectivity index (χ0v) is 19.4. The van der Waals surface area contributed by atoms with Gasteiger partial charge in [0, 0.05) is 0 Å². The van der Waals surface area contributed by atoms with E-state index in [1.165, 1.54) is 6.07 Å². The minimum atomic E-state index is -3.74. The molecule has 26 heavy (non-hydrogen) atoms. The van der Waals surface area contributed by atoms with Crippen LogP contribution in [0.3, 0.4) is 0 Å². The van der Waals surface area contributed by atoms with Crippen LogP contribution in [0.4, 0.5) is 4.39 Å². The number of unbranched alkanes of at least 4 members (excludes halogenated alkanes) is 6. The van der Waals surface area contributed by atoms with E-state index in [-0.39, 0.29) is 5.82 Å². The van der Waals surface area contributed by atoms with E-state index >= 15 is 0 Å². The SMILES string of the molecule is CCCCC#[C][Sn]([C]#CCCCC)([C]#CCCCC)[c]1ccccc1F. The first-order valence-electron chi connectivity index (χ1n) is 9.95. The molecule has 0 heterocycles. The molecule has 0 bridgehead atoms. The summed E-state index contributed by atoms with van der Waals surface area (Å²) in [6, 6.07) is 7.01. The summed E-state index contributed by atoms with van der Waals surface area (Å²) in [5.41, 5.74) is 0. The summed E-state index contributed by atoms with van der Waals surface area (Å²) in [5, 5.41) is 0. The summed E-state index contributed by atoms with van der Waals surface area (Å²) >= 11 is -3.74. The molecule has 0 saturated carbocycles. The number of benzene rings is 1. The van der Waals surface area contributed by atoms with Crippen LogP contribution in [0.5, 0.6) is 0 Å². The van der Waals surface area contributed by atoms with E-state index in [4.69, 9.17) is 0 Å². The molecule has 0 amide bonds. The molecule has 0 aliphatic heterocycles. The Morgan fingerprint density at radius 2 is 1.15 bits per heavy atom. The maximum absolute atomic E-state index is 14.7. The van der Waals surface area contributed by atoms with Crippen molar-refractivity contribution in [3.63, 3.8) is 0 Å². The van der Waals surface area contributed by atoms with Crippen LogP contribution in [-0.2, 0) is 0 Å². The van der Waals surface area contributed by atoms with Gasteiger partial charge in [0.1, 0.15) is 0 Å². The van der Waals surface area contributed by atoms with E-state index in [1.807, 2.05) is 12.1 Å². The van der Waals surface area contributed by atoms with Crippen molar-refractivity contribution >= 4 is 22.0 Å². The second kappa shape index (κ2) is 13.8. The zero-order chi connectivity index (χ0) is 19.1. The van der Waals surface area contributed by atoms with Crippen molar-refractivity contribution in [2.24, 2.45) is 0 Å². The third kappa shape index (κ3) is 7.89. The van der Waals surface area contributed by atoms with Gasteiger partial charge in [-0.3, -0.25) is 0 Å². The fourth-order valence-corrected chi connectivity index (χ4v) is 9.72. The van der Waals surface area contributed by atoms with E-state index in [2.05, 4.69) is 50.3 Å². The maximum atomic E-state index is 14.7. The average molecular weight is 457 g/mol. The van der Waals surface area contributed by atoms with Gasteiger partial charge >= 0.3 is 165 Å². The van der Waals surface area contributed by atoms with Crippen LogP contribution in [0, 0.1) is 35.4 Å². The summed E-state index contributed by atoms with van der Waals surface area (Å²) in [6.45, 7) is 6.47. The molecule has 0 fully saturated rings. The summed E-state index contributed by atoms with van der Waals surface area (Å²) in [7, 11) is 0. The molecule has 1 aromatic rings. The van der Waals surface area contributed by atoms with Crippen molar-refractivity contribution in [2.75, 3.05) is 0 Å². The Labute approximate surface area is 164 Å². The normalized spacial score (nSPS) is 10.0. The number of hydrogen-bond donors (Lipinski definition) is 0. The predicted molar refractivity (Wildman–Crippen MR) is 114 cm³/mol. The predicted octanol–water partition coefficient (Wildman–Crippen LogP) is 5.68. The third-order valence-corrected chi connectivity index (χ3v) is 12.3. The van der Waals surface area contributed by atoms with E-state index in [0.29, 0.717) is 3.58 Å². The molecule has 0 spiro atoms. The standard InChI is InChI=1S/C6H4F.3C6H9.Sn/c7-6-4-2-1-3-5-6;3*1-3-5-6-4-2;/h1-4H;3*3,5-6H2,1H3;. The van der Waals surface area contributed by atoms with Gasteiger partial charge in [0.05, 0.1) is 0 Å². The van der Waals surface area contributed by atoms with E-state index in [0.717, 1.165) is 57.8 Å². The first-order valence-corrected chi connectivity index (χ1v) is 15.7. The Morgan fingerprint density at radius 1 is 0.731 bits per heavy atom. The Bertz CT molecular complexity index is 651. The van der Waals surface area contributed by atoms with Crippen molar-refractivity contribution in [3.8, 4) is 29.6 Å². The molecule has 0 saturated heterocycles. The second-order valence-electron chi connectivity index (χ2n) is 6.45. The van der Waals surface area contributed by atoms with Crippen molar-refractivity contribution in [3.05, 3.63) is 30.1 Å². The number of halogens is 1. The molecule has 138 valence electrons. The van der Waals surface area contributed by atoms with E-state index in [9.17, 15) is 4.39 Å². The molecule has 0 unspecified atom stereocenters. The van der Waals surface area contributed by atoms with E-state index < -0.39 is 18.4 Å². The van der Waals surface area contributed by atoms with Gasteiger partial charge in [0.2, 0.25) is 0 Å². The monoisotopic (exact) mass is 458 g/mol. The van der Waals surface area contributed by atoms with Gasteiger partial charge < -0.3 is 0 Å². The number of hydrogen-bond acceptors (Lipinski definition) is 0. The van der Waals surface area contributed by atoms with Crippen molar-refractivity contribution in [1.29, 1.82) is 0 Å². The quantitative estimate of drug-likeness (QED) is 0.281. The molecule has 0 aliphatic carbocycles. The van der Waals surface area contributed by atoms with Crippen LogP contribution in [0.25, 0.3) is 0 Å². The molecule has 1 rings (SSSR count). The van der Waals surface area contributed by atoms with Gasteiger partial charge in [-0.2, -0.15) is 0 Å². The molecule has 0 aromatic heterocycles. The van der Waals surface area contributed by atoms with Crippen LogP contribution in [0.2, 0.25) is 0 Å². The van der Waals surface area contributed by atoms with Crippen LogP contribution in [0.1, 0.15) is 78.6 Å². The van der Waals surface area contributed by atoms with Gasteiger partial charge in [-0.25, -0.2) is 0 Å². The Kier molecular flexibility index (Phi) is 12.0. The molecule has 0 aliphatic rings. The molecular weight excluding hydrogens is 426 g/mol. The van der Waals surface area contributed by atoms with E-state index in [1.54, 1.807) is 6.07 Å². The molecule has 0 nitrogen and oxygen atoms in total. The fraction of sp³-hybridized carbons (Fsp3) is 0.500. The molecular formula is C24H31FSn. The zero-order valence-electron chi connectivity index (χ0n) is 16.6. The summed E-state index contributed by atoms with van der Waals surface area (Å²) in [5.74, 6) is 9.73. The van der Waals surface area contributed by atoms with Gasteiger partial charge in [-0.05, 0) is 0 Å². The first kappa shape index (κ1) is 22.7. The molecule has 0 radical (unpaired) electrons. The minimum absolute atomic E-state index is 0.192. The van der Waals surface area contributed by atoms with Gasteiger partial charge in [0.25, 0.3) is 0 Å². The van der Waals surface area contributed by atoms with Crippen molar-refractivity contribution in [2.45, 2.75) is 78.6 Å². The van der Waals surface area contributed by atoms with Crippen molar-refractivity contribution < 1.29 is 4.39 Å². The number of rotatable bonds is 7. The molecule has 0 atom stereocenters. The molecule has 2 heteroatoms. The van der Waals surface area contributed by atoms with Crippen molar-refractivity contribution in [1.82, 2.24) is 0 Å². The second-order valence-corrected chi connectivity index (χ2v) is 14.4. The Balaban J connectivity index is 3.37. The molecule has 1 aromatic carbocycles. The van der Waals surface area contributed by atoms with Crippen LogP contribution in [0.15, 0.2) is 24.3 Å². The van der Waals surface area contributed by atoms with Crippen LogP contribution in [-0.4, -0.2) is 18.4 Å². The van der Waals surface area contributed by atoms with Gasteiger partial charge in [-0.1, -0.05) is 0 Å². The summed E-state index contributed by atoms with van der Waals surface area (Å²) < 4.78 is 25.7. The topological polar surface area (TPSA) is 0 Å². The van der Waals surface area contributed by atoms with Crippen LogP contribution < -0.4 is 3.58 Å². The first-order chi connectivity index (χ1) is 12.7. The van der Waals surface area contributed by atoms with Gasteiger partial charge in [-0.15, -0.1) is 0 Å². The molecule has 0 N–H and O–H groups in total. The van der Waals surface area contributed by atoms with Crippen LogP contribution >= 0.6 is 0 Å². The van der Waals surface area contributed by atoms with Gasteiger partial charge in [0.15, 0.2) is 0 Å².